The molecule has 0 aliphatic carbocycles. The van der Waals surface area contributed by atoms with Crippen LogP contribution in [0.4, 0.5) is 0 Å². The molecule has 2 rings (SSSR count). The van der Waals surface area contributed by atoms with Gasteiger partial charge in [0.05, 0.1) is 25.4 Å². The largest absolute Gasteiger partial charge is 0.492 e. The summed E-state index contributed by atoms with van der Waals surface area (Å²) in [6.07, 6.45) is 5.69. The molecular formula is C20H36N6O4S. The molecule has 0 bridgehead atoms. The molecule has 11 heteroatoms. The molecular weight excluding hydrogens is 420 g/mol. The first-order valence-electron chi connectivity index (χ1n) is 10.5. The van der Waals surface area contributed by atoms with Crippen LogP contribution in [-0.2, 0) is 19.6 Å². The van der Waals surface area contributed by atoms with Gasteiger partial charge in [-0.15, -0.1) is 0 Å². The van der Waals surface area contributed by atoms with Crippen molar-refractivity contribution in [2.75, 3.05) is 53.6 Å². The topological polar surface area (TPSA) is 121 Å². The number of nitrogens with zero attached hydrogens (tertiary/aromatic N) is 4. The molecule has 2 fully saturated rings. The van der Waals surface area contributed by atoms with E-state index in [4.69, 9.17) is 10.5 Å². The Hall–Kier alpha value is -2.11. The number of nitrogens with one attached hydrogen (secondary N) is 1. The van der Waals surface area contributed by atoms with Crippen LogP contribution in [0.1, 0.15) is 25.7 Å². The molecule has 0 spiro atoms. The number of rotatable bonds is 8. The highest BCUT2D eigenvalue weighted by Crippen LogP contribution is 2.25. The third-order valence-electron chi connectivity index (χ3n) is 6.21. The number of nitrogens with two attached hydrogens (primary N) is 1. The third-order valence-corrected chi connectivity index (χ3v) is 7.55. The lowest BCUT2D eigenvalue weighted by atomic mass is 9.97. The van der Waals surface area contributed by atoms with Gasteiger partial charge >= 0.3 is 0 Å². The minimum absolute atomic E-state index is 0.0578. The normalized spacial score (nSPS) is 20.7. The van der Waals surface area contributed by atoms with Crippen molar-refractivity contribution in [3.8, 4) is 0 Å². The number of likely N-dealkylation sites (N-methyl/N-ethyl adjacent to an activating group) is 1. The minimum atomic E-state index is -3.17. The van der Waals surface area contributed by atoms with Crippen LogP contribution in [0.2, 0.25) is 0 Å². The van der Waals surface area contributed by atoms with E-state index in [0.717, 1.165) is 45.1 Å². The van der Waals surface area contributed by atoms with E-state index in [0.29, 0.717) is 24.8 Å². The molecule has 0 unspecified atom stereocenters. The molecule has 0 saturated carbocycles. The maximum Gasteiger partial charge on any atom is 0.276 e. The Morgan fingerprint density at radius 2 is 1.81 bits per heavy atom. The van der Waals surface area contributed by atoms with Gasteiger partial charge in [0.1, 0.15) is 0 Å². The lowest BCUT2D eigenvalue weighted by Crippen LogP contribution is -2.52. The molecule has 0 aromatic rings. The predicted octanol–water partition coefficient (Wildman–Crippen LogP) is -0.0887. The monoisotopic (exact) mass is 456 g/mol. The van der Waals surface area contributed by atoms with Crippen LogP contribution in [0.3, 0.4) is 0 Å². The number of aliphatic imine (C=N–C) groups is 1. The number of likely N-dealkylation sites (tertiary alicyclic amines) is 2. The Morgan fingerprint density at radius 1 is 1.23 bits per heavy atom. The van der Waals surface area contributed by atoms with Gasteiger partial charge in [-0.1, -0.05) is 6.58 Å². The van der Waals surface area contributed by atoms with E-state index >= 15 is 0 Å². The Balaban J connectivity index is 1.97. The third kappa shape index (κ3) is 6.20. The van der Waals surface area contributed by atoms with Crippen LogP contribution < -0.4 is 11.1 Å². The van der Waals surface area contributed by atoms with Crippen molar-refractivity contribution in [3.63, 3.8) is 0 Å². The summed E-state index contributed by atoms with van der Waals surface area (Å²) >= 11 is 0. The molecule has 0 radical (unpaired) electrons. The van der Waals surface area contributed by atoms with E-state index in [9.17, 15) is 13.2 Å². The summed E-state index contributed by atoms with van der Waals surface area (Å²) in [4.78, 5) is 21.3. The zero-order valence-electron chi connectivity index (χ0n) is 19.0. The highest BCUT2D eigenvalue weighted by Gasteiger charge is 2.33. The van der Waals surface area contributed by atoms with Gasteiger partial charge in [-0.3, -0.25) is 4.79 Å². The summed E-state index contributed by atoms with van der Waals surface area (Å²) < 4.78 is 30.4. The van der Waals surface area contributed by atoms with Gasteiger partial charge in [0, 0.05) is 39.3 Å². The molecule has 0 aromatic carbocycles. The number of amides is 1. The lowest BCUT2D eigenvalue weighted by Gasteiger charge is -2.43. The van der Waals surface area contributed by atoms with E-state index in [1.54, 1.807) is 19.0 Å². The van der Waals surface area contributed by atoms with Crippen molar-refractivity contribution in [1.29, 1.82) is 0 Å². The van der Waals surface area contributed by atoms with Gasteiger partial charge in [0.2, 0.25) is 10.0 Å². The van der Waals surface area contributed by atoms with E-state index in [1.165, 1.54) is 17.7 Å². The number of ether oxygens (including phenoxy) is 1. The number of carbonyl (C=O) groups excluding carboxylic acids is 1. The van der Waals surface area contributed by atoms with Gasteiger partial charge in [0.15, 0.2) is 11.5 Å². The number of methoxy groups -OCH3 is 1. The van der Waals surface area contributed by atoms with Crippen molar-refractivity contribution in [2.24, 2.45) is 10.7 Å². The van der Waals surface area contributed by atoms with Crippen LogP contribution in [0.15, 0.2) is 28.7 Å². The van der Waals surface area contributed by atoms with Gasteiger partial charge in [-0.25, -0.2) is 17.7 Å². The van der Waals surface area contributed by atoms with Gasteiger partial charge in [-0.05, 0) is 38.8 Å². The summed E-state index contributed by atoms with van der Waals surface area (Å²) in [6, 6.07) is 0.440. The number of sulfonamides is 1. The quantitative estimate of drug-likeness (QED) is 0.172. The Kier molecular flexibility index (Phi) is 8.90. The molecule has 2 aliphatic heterocycles. The number of hydrogen-bond acceptors (Lipinski definition) is 7. The minimum Gasteiger partial charge on any atom is -0.492 e. The predicted molar refractivity (Wildman–Crippen MR) is 122 cm³/mol. The fourth-order valence-electron chi connectivity index (χ4n) is 4.23. The molecule has 1 amide bonds. The van der Waals surface area contributed by atoms with Crippen LogP contribution in [0.25, 0.3) is 0 Å². The van der Waals surface area contributed by atoms with Crippen molar-refractivity contribution < 1.29 is 17.9 Å². The Labute approximate surface area is 185 Å². The van der Waals surface area contributed by atoms with E-state index in [2.05, 4.69) is 21.8 Å². The summed E-state index contributed by atoms with van der Waals surface area (Å²) in [7, 11) is 1.65. The van der Waals surface area contributed by atoms with E-state index in [1.807, 2.05) is 0 Å². The van der Waals surface area contributed by atoms with Crippen molar-refractivity contribution >= 4 is 22.3 Å². The molecule has 0 aromatic heterocycles. The highest BCUT2D eigenvalue weighted by atomic mass is 32.2. The number of piperidine rings is 2. The molecule has 31 heavy (non-hydrogen) atoms. The van der Waals surface area contributed by atoms with Gasteiger partial charge in [0.25, 0.3) is 5.91 Å². The zero-order valence-corrected chi connectivity index (χ0v) is 19.8. The maximum atomic E-state index is 13.1. The number of carbonyl (C=O) groups is 1. The molecule has 176 valence electrons. The molecule has 3 N–H and O–H groups in total. The SMILES string of the molecule is C=C(NC)/C(OC)=C(\N=CN)C(=O)N1CCC(N2CCC(N(C)S(C)(=O)=O)CC2)CC1. The van der Waals surface area contributed by atoms with Crippen LogP contribution >= 0.6 is 0 Å². The van der Waals surface area contributed by atoms with Crippen LogP contribution in [-0.4, -0.2) is 100 Å². The molecule has 0 atom stereocenters. The fourth-order valence-corrected chi connectivity index (χ4v) is 4.98. The molecule has 2 saturated heterocycles. The summed E-state index contributed by atoms with van der Waals surface area (Å²) in [5.74, 6) is 0.0373. The summed E-state index contributed by atoms with van der Waals surface area (Å²) in [6.45, 7) is 6.80. The van der Waals surface area contributed by atoms with Crippen LogP contribution in [0.5, 0.6) is 0 Å². The second-order valence-corrected chi connectivity index (χ2v) is 10.0. The summed E-state index contributed by atoms with van der Waals surface area (Å²) in [5, 5.41) is 2.87. The highest BCUT2D eigenvalue weighted by molar-refractivity contribution is 7.88. The lowest BCUT2D eigenvalue weighted by molar-refractivity contribution is -0.129. The number of hydrogen-bond donors (Lipinski definition) is 2. The second-order valence-electron chi connectivity index (χ2n) is 7.96. The van der Waals surface area contributed by atoms with Crippen molar-refractivity contribution in [2.45, 2.75) is 37.8 Å². The van der Waals surface area contributed by atoms with Gasteiger partial charge in [-0.2, -0.15) is 0 Å². The smallest absolute Gasteiger partial charge is 0.276 e. The van der Waals surface area contributed by atoms with E-state index < -0.39 is 10.0 Å². The summed E-state index contributed by atoms with van der Waals surface area (Å²) in [5.41, 5.74) is 6.04. The Bertz CT molecular complexity index is 810. The van der Waals surface area contributed by atoms with Crippen molar-refractivity contribution in [3.05, 3.63) is 23.7 Å². The first kappa shape index (κ1) is 25.2. The maximum absolute atomic E-state index is 13.1. The Morgan fingerprint density at radius 3 is 2.26 bits per heavy atom. The van der Waals surface area contributed by atoms with Crippen LogP contribution in [0, 0.1) is 0 Å². The first-order valence-corrected chi connectivity index (χ1v) is 12.3. The fraction of sp³-hybridized carbons (Fsp3) is 0.700. The first-order chi connectivity index (χ1) is 14.6. The second kappa shape index (κ2) is 11.0. The molecule has 2 aliphatic rings. The van der Waals surface area contributed by atoms with Crippen molar-refractivity contribution in [1.82, 2.24) is 19.4 Å². The average Bonchev–Trinajstić information content (AvgIpc) is 2.77. The average molecular weight is 457 g/mol. The van der Waals surface area contributed by atoms with E-state index in [-0.39, 0.29) is 23.4 Å². The molecule has 10 nitrogen and oxygen atoms in total. The standard InChI is InChI=1S/C20H36N6O4S/c1-15(22-2)19(30-4)18(23-14-21)20(27)26-12-8-17(9-13-26)25-10-6-16(7-11-25)24(3)31(5,28)29/h14,16-17,22H,1,6-13H2,2-5H3,(H2,21,23)/b19-18+. The molecule has 2 heterocycles. The zero-order chi connectivity index (χ0) is 23.2. The van der Waals surface area contributed by atoms with Gasteiger partial charge < -0.3 is 25.6 Å².